The number of hydrogen-bond acceptors (Lipinski definition) is 2. The maximum Gasteiger partial charge on any atom is 0.253 e. The van der Waals surface area contributed by atoms with E-state index in [1.165, 1.54) is 0 Å². The van der Waals surface area contributed by atoms with E-state index in [-0.39, 0.29) is 5.91 Å². The smallest absolute Gasteiger partial charge is 0.253 e. The minimum Gasteiger partial charge on any atom is -0.345 e. The van der Waals surface area contributed by atoms with Crippen molar-refractivity contribution in [2.45, 2.75) is 0 Å². The second kappa shape index (κ2) is 5.33. The highest BCUT2D eigenvalue weighted by Crippen LogP contribution is 2.23. The molecule has 5 heteroatoms. The number of benzene rings is 2. The fourth-order valence-electron chi connectivity index (χ4n) is 2.15. The van der Waals surface area contributed by atoms with Crippen molar-refractivity contribution >= 4 is 32.9 Å². The molecule has 1 aromatic heterocycles. The molecule has 3 aromatic rings. The summed E-state index contributed by atoms with van der Waals surface area (Å²) in [5.41, 5.74) is 3.37. The Labute approximate surface area is 130 Å². The summed E-state index contributed by atoms with van der Waals surface area (Å²) in [6, 6.07) is 13.4. The Morgan fingerprint density at radius 2 is 1.86 bits per heavy atom. The Hall–Kier alpha value is -2.14. The number of carbonyl (C=O) groups is 1. The van der Waals surface area contributed by atoms with Gasteiger partial charge in [-0.05, 0) is 30.3 Å². The molecule has 0 aliphatic carbocycles. The van der Waals surface area contributed by atoms with E-state index >= 15 is 0 Å². The number of rotatable bonds is 2. The summed E-state index contributed by atoms with van der Waals surface area (Å²) in [6.45, 7) is 0. The Balaban J connectivity index is 2.04. The van der Waals surface area contributed by atoms with Crippen molar-refractivity contribution in [2.24, 2.45) is 0 Å². The predicted octanol–water partition coefficient (Wildman–Crippen LogP) is 3.69. The van der Waals surface area contributed by atoms with Crippen LogP contribution < -0.4 is 0 Å². The molecular weight excluding hydrogens is 330 g/mol. The molecule has 0 unspecified atom stereocenters. The maximum absolute atomic E-state index is 12.0. The molecule has 0 bridgehead atoms. The van der Waals surface area contributed by atoms with E-state index in [1.807, 2.05) is 36.4 Å². The summed E-state index contributed by atoms with van der Waals surface area (Å²) in [6.07, 6.45) is 0. The lowest BCUT2D eigenvalue weighted by Crippen LogP contribution is -2.21. The van der Waals surface area contributed by atoms with Gasteiger partial charge in [0.2, 0.25) is 0 Å². The van der Waals surface area contributed by atoms with Gasteiger partial charge in [-0.1, -0.05) is 28.1 Å². The first-order valence-corrected chi connectivity index (χ1v) is 7.31. The van der Waals surface area contributed by atoms with E-state index < -0.39 is 0 Å². The minimum atomic E-state index is -0.0170. The number of fused-ring (bicyclic) bond motifs is 1. The zero-order valence-corrected chi connectivity index (χ0v) is 13.3. The molecule has 106 valence electrons. The average Bonchev–Trinajstić information content (AvgIpc) is 2.89. The number of amides is 1. The molecule has 0 saturated carbocycles. The van der Waals surface area contributed by atoms with Crippen LogP contribution in [0, 0.1) is 0 Å². The Bertz CT molecular complexity index is 806. The van der Waals surface area contributed by atoms with Crippen LogP contribution in [-0.2, 0) is 0 Å². The molecule has 0 aliphatic heterocycles. The molecule has 1 amide bonds. The van der Waals surface area contributed by atoms with Crippen molar-refractivity contribution in [3.8, 4) is 11.4 Å². The van der Waals surface area contributed by atoms with Crippen LogP contribution in [-0.4, -0.2) is 34.9 Å². The number of imidazole rings is 1. The quantitative estimate of drug-likeness (QED) is 0.771. The average molecular weight is 344 g/mol. The second-order valence-electron chi connectivity index (χ2n) is 5.02. The summed E-state index contributed by atoms with van der Waals surface area (Å²) < 4.78 is 1.03. The molecule has 1 N–H and O–H groups in total. The van der Waals surface area contributed by atoms with Crippen LogP contribution >= 0.6 is 15.9 Å². The van der Waals surface area contributed by atoms with Gasteiger partial charge < -0.3 is 9.88 Å². The van der Waals surface area contributed by atoms with Gasteiger partial charge in [0.15, 0.2) is 0 Å². The topological polar surface area (TPSA) is 49.0 Å². The van der Waals surface area contributed by atoms with E-state index in [2.05, 4.69) is 25.9 Å². The highest BCUT2D eigenvalue weighted by atomic mass is 79.9. The molecule has 0 aliphatic rings. The summed E-state index contributed by atoms with van der Waals surface area (Å²) in [7, 11) is 3.49. The van der Waals surface area contributed by atoms with E-state index in [4.69, 9.17) is 0 Å². The van der Waals surface area contributed by atoms with Crippen LogP contribution in [0.15, 0.2) is 46.9 Å². The van der Waals surface area contributed by atoms with Crippen LogP contribution in [0.5, 0.6) is 0 Å². The third kappa shape index (κ3) is 2.69. The Morgan fingerprint density at radius 1 is 1.14 bits per heavy atom. The van der Waals surface area contributed by atoms with Gasteiger partial charge in [-0.3, -0.25) is 4.79 Å². The summed E-state index contributed by atoms with van der Waals surface area (Å²) in [5, 5.41) is 0. The van der Waals surface area contributed by atoms with Gasteiger partial charge in [0.25, 0.3) is 5.91 Å². The summed E-state index contributed by atoms with van der Waals surface area (Å²) in [4.78, 5) is 21.4. The molecule has 21 heavy (non-hydrogen) atoms. The van der Waals surface area contributed by atoms with E-state index in [1.54, 1.807) is 25.1 Å². The number of aromatic amines is 1. The number of hydrogen-bond donors (Lipinski definition) is 1. The number of halogens is 1. The van der Waals surface area contributed by atoms with Crippen molar-refractivity contribution in [2.75, 3.05) is 14.1 Å². The molecule has 3 rings (SSSR count). The van der Waals surface area contributed by atoms with Crippen LogP contribution in [0.2, 0.25) is 0 Å². The fraction of sp³-hybridized carbons (Fsp3) is 0.125. The number of H-pyrrole nitrogens is 1. The van der Waals surface area contributed by atoms with Gasteiger partial charge in [0.05, 0.1) is 11.0 Å². The largest absolute Gasteiger partial charge is 0.345 e. The van der Waals surface area contributed by atoms with Crippen LogP contribution in [0.1, 0.15) is 10.4 Å². The van der Waals surface area contributed by atoms with Crippen molar-refractivity contribution < 1.29 is 4.79 Å². The minimum absolute atomic E-state index is 0.0170. The summed E-state index contributed by atoms with van der Waals surface area (Å²) >= 11 is 3.42. The molecule has 0 radical (unpaired) electrons. The molecule has 1 heterocycles. The van der Waals surface area contributed by atoms with Crippen LogP contribution in [0.3, 0.4) is 0 Å². The van der Waals surface area contributed by atoms with E-state index in [0.717, 1.165) is 26.9 Å². The van der Waals surface area contributed by atoms with Crippen molar-refractivity contribution in [3.63, 3.8) is 0 Å². The van der Waals surface area contributed by atoms with Crippen LogP contribution in [0.4, 0.5) is 0 Å². The second-order valence-corrected chi connectivity index (χ2v) is 5.94. The standard InChI is InChI=1S/C16H14BrN3O/c1-20(2)16(21)11-5-8-13-14(9-11)19-15(18-13)10-3-6-12(17)7-4-10/h3-9H,1-2H3,(H,18,19). The fourth-order valence-corrected chi connectivity index (χ4v) is 2.41. The third-order valence-corrected chi connectivity index (χ3v) is 3.78. The highest BCUT2D eigenvalue weighted by Gasteiger charge is 2.11. The monoisotopic (exact) mass is 343 g/mol. The molecule has 2 aromatic carbocycles. The molecule has 0 spiro atoms. The number of nitrogens with one attached hydrogen (secondary N) is 1. The van der Waals surface area contributed by atoms with Gasteiger partial charge >= 0.3 is 0 Å². The summed E-state index contributed by atoms with van der Waals surface area (Å²) in [5.74, 6) is 0.781. The van der Waals surface area contributed by atoms with E-state index in [0.29, 0.717) is 5.56 Å². The van der Waals surface area contributed by atoms with Crippen molar-refractivity contribution in [1.82, 2.24) is 14.9 Å². The molecule has 0 fully saturated rings. The van der Waals surface area contributed by atoms with Gasteiger partial charge in [-0.25, -0.2) is 4.98 Å². The zero-order chi connectivity index (χ0) is 15.0. The van der Waals surface area contributed by atoms with Gasteiger partial charge in [0, 0.05) is 29.7 Å². The SMILES string of the molecule is CN(C)C(=O)c1ccc2nc(-c3ccc(Br)cc3)[nH]c2c1. The molecule has 4 nitrogen and oxygen atoms in total. The molecule has 0 saturated heterocycles. The van der Waals surface area contributed by atoms with Crippen LogP contribution in [0.25, 0.3) is 22.4 Å². The predicted molar refractivity (Wildman–Crippen MR) is 87.2 cm³/mol. The van der Waals surface area contributed by atoms with E-state index in [9.17, 15) is 4.79 Å². The number of carbonyl (C=O) groups excluding carboxylic acids is 1. The normalized spacial score (nSPS) is 10.8. The maximum atomic E-state index is 12.0. The number of aromatic nitrogens is 2. The molecular formula is C16H14BrN3O. The van der Waals surface area contributed by atoms with Crippen molar-refractivity contribution in [1.29, 1.82) is 0 Å². The first-order valence-electron chi connectivity index (χ1n) is 6.52. The lowest BCUT2D eigenvalue weighted by molar-refractivity contribution is 0.0828. The Morgan fingerprint density at radius 3 is 2.52 bits per heavy atom. The first kappa shape index (κ1) is 13.8. The third-order valence-electron chi connectivity index (χ3n) is 3.25. The zero-order valence-electron chi connectivity index (χ0n) is 11.7. The van der Waals surface area contributed by atoms with Gasteiger partial charge in [0.1, 0.15) is 5.82 Å². The van der Waals surface area contributed by atoms with Crippen molar-refractivity contribution in [3.05, 3.63) is 52.5 Å². The lowest BCUT2D eigenvalue weighted by Gasteiger charge is -2.09. The highest BCUT2D eigenvalue weighted by molar-refractivity contribution is 9.10. The molecule has 0 atom stereocenters. The lowest BCUT2D eigenvalue weighted by atomic mass is 10.2. The van der Waals surface area contributed by atoms with Gasteiger partial charge in [-0.2, -0.15) is 0 Å². The number of nitrogens with zero attached hydrogens (tertiary/aromatic N) is 2. The first-order chi connectivity index (χ1) is 10.0. The van der Waals surface area contributed by atoms with Gasteiger partial charge in [-0.15, -0.1) is 0 Å². The Kier molecular flexibility index (Phi) is 3.51.